The van der Waals surface area contributed by atoms with Gasteiger partial charge in [0.15, 0.2) is 0 Å². The van der Waals surface area contributed by atoms with Crippen LogP contribution in [-0.4, -0.2) is 3.92 Å². The Hall–Kier alpha value is -0.560. The molecule has 1 unspecified atom stereocenters. The lowest BCUT2D eigenvalue weighted by Gasteiger charge is -2.14. The molecule has 0 N–H and O–H groups in total. The third kappa shape index (κ3) is 2.70. The molecule has 0 aliphatic rings. The number of nitrogens with zero attached hydrogens (tertiary/aromatic N) is 1. The minimum absolute atomic E-state index is 0.549. The molecule has 0 fully saturated rings. The predicted molar refractivity (Wildman–Crippen MR) is 63.1 cm³/mol. The van der Waals surface area contributed by atoms with Gasteiger partial charge in [0.2, 0.25) is 0 Å². The quantitative estimate of drug-likeness (QED) is 0.603. The lowest BCUT2D eigenvalue weighted by atomic mass is 9.98. The summed E-state index contributed by atoms with van der Waals surface area (Å²) in [6.07, 6.45) is 0. The molecule has 0 aliphatic heterocycles. The monoisotopic (exact) mass is 285 g/mol. The summed E-state index contributed by atoms with van der Waals surface area (Å²) in [7, 11) is 0. The lowest BCUT2D eigenvalue weighted by Crippen LogP contribution is -2.03. The van der Waals surface area contributed by atoms with Crippen molar-refractivity contribution < 1.29 is 0 Å². The van der Waals surface area contributed by atoms with Crippen LogP contribution in [0.25, 0.3) is 0 Å². The number of alkyl halides is 1. The van der Waals surface area contributed by atoms with E-state index in [1.807, 2.05) is 24.3 Å². The molecule has 0 heterocycles. The van der Waals surface area contributed by atoms with Crippen LogP contribution < -0.4 is 0 Å². The van der Waals surface area contributed by atoms with Gasteiger partial charge in [-0.05, 0) is 23.6 Å². The fraction of sp³-hybridized carbons (Fsp3) is 0.364. The first kappa shape index (κ1) is 10.5. The van der Waals surface area contributed by atoms with E-state index in [-0.39, 0.29) is 0 Å². The van der Waals surface area contributed by atoms with E-state index in [4.69, 9.17) is 5.26 Å². The highest BCUT2D eigenvalue weighted by Gasteiger charge is 2.10. The molecular formula is C11H12IN. The van der Waals surface area contributed by atoms with Gasteiger partial charge in [-0.1, -0.05) is 48.6 Å². The van der Waals surface area contributed by atoms with Gasteiger partial charge >= 0.3 is 0 Å². The Labute approximate surface area is 92.9 Å². The average Bonchev–Trinajstić information content (AvgIpc) is 2.17. The summed E-state index contributed by atoms with van der Waals surface area (Å²) in [4.78, 5) is 0. The largest absolute Gasteiger partial charge is 0.192 e. The number of hydrogen-bond donors (Lipinski definition) is 0. The van der Waals surface area contributed by atoms with Crippen molar-refractivity contribution >= 4 is 22.6 Å². The van der Waals surface area contributed by atoms with Crippen LogP contribution in [0.3, 0.4) is 0 Å². The second-order valence-corrected chi connectivity index (χ2v) is 5.16. The highest BCUT2D eigenvalue weighted by molar-refractivity contribution is 14.1. The summed E-state index contributed by atoms with van der Waals surface area (Å²) in [5, 5.41) is 8.62. The highest BCUT2D eigenvalue weighted by Crippen LogP contribution is 2.24. The first-order chi connectivity index (χ1) is 6.15. The van der Waals surface area contributed by atoms with E-state index in [2.05, 4.69) is 42.5 Å². The van der Waals surface area contributed by atoms with Crippen molar-refractivity contribution in [2.24, 2.45) is 0 Å². The normalized spacial score (nSPS) is 14.6. The Morgan fingerprint density at radius 1 is 1.23 bits per heavy atom. The average molecular weight is 285 g/mol. The molecule has 1 nitrogen and oxygen atoms in total. The first-order valence-corrected chi connectivity index (χ1v) is 5.54. The van der Waals surface area contributed by atoms with Crippen molar-refractivity contribution in [3.05, 3.63) is 35.4 Å². The maximum atomic E-state index is 8.62. The van der Waals surface area contributed by atoms with E-state index >= 15 is 0 Å². The SMILES string of the molecule is CC(I)[C@@H](C)c1ccc(C#N)cc1. The van der Waals surface area contributed by atoms with Gasteiger partial charge in [-0.15, -0.1) is 0 Å². The summed E-state index contributed by atoms with van der Waals surface area (Å²) in [6.45, 7) is 4.40. The van der Waals surface area contributed by atoms with Gasteiger partial charge in [0.1, 0.15) is 0 Å². The van der Waals surface area contributed by atoms with Crippen LogP contribution in [0, 0.1) is 11.3 Å². The molecule has 0 amide bonds. The summed E-state index contributed by atoms with van der Waals surface area (Å²) < 4.78 is 0.616. The van der Waals surface area contributed by atoms with Gasteiger partial charge in [0, 0.05) is 3.92 Å². The summed E-state index contributed by atoms with van der Waals surface area (Å²) >= 11 is 2.42. The third-order valence-corrected chi connectivity index (χ3v) is 3.33. The molecule has 13 heavy (non-hydrogen) atoms. The van der Waals surface area contributed by atoms with Crippen molar-refractivity contribution in [3.8, 4) is 6.07 Å². The molecule has 0 saturated heterocycles. The Kier molecular flexibility index (Phi) is 3.73. The minimum Gasteiger partial charge on any atom is -0.192 e. The van der Waals surface area contributed by atoms with Gasteiger partial charge in [0.25, 0.3) is 0 Å². The molecule has 1 rings (SSSR count). The molecule has 0 bridgehead atoms. The van der Waals surface area contributed by atoms with E-state index < -0.39 is 0 Å². The van der Waals surface area contributed by atoms with Crippen molar-refractivity contribution in [1.82, 2.24) is 0 Å². The number of hydrogen-bond acceptors (Lipinski definition) is 1. The van der Waals surface area contributed by atoms with Gasteiger partial charge in [-0.25, -0.2) is 0 Å². The van der Waals surface area contributed by atoms with Crippen LogP contribution in [0.15, 0.2) is 24.3 Å². The van der Waals surface area contributed by atoms with Gasteiger partial charge in [-0.2, -0.15) is 5.26 Å². The van der Waals surface area contributed by atoms with E-state index in [0.717, 1.165) is 5.56 Å². The van der Waals surface area contributed by atoms with Crippen molar-refractivity contribution in [2.45, 2.75) is 23.7 Å². The van der Waals surface area contributed by atoms with Crippen LogP contribution in [0.1, 0.15) is 30.9 Å². The third-order valence-electron chi connectivity index (χ3n) is 2.25. The number of halogens is 1. The summed E-state index contributed by atoms with van der Waals surface area (Å²) in [5.41, 5.74) is 2.04. The maximum absolute atomic E-state index is 8.62. The second kappa shape index (κ2) is 4.61. The lowest BCUT2D eigenvalue weighted by molar-refractivity contribution is 0.773. The molecule has 0 aliphatic carbocycles. The van der Waals surface area contributed by atoms with E-state index in [1.54, 1.807) is 0 Å². The zero-order chi connectivity index (χ0) is 9.84. The Bertz CT molecular complexity index is 308. The number of rotatable bonds is 2. The number of nitriles is 1. The molecule has 0 radical (unpaired) electrons. The smallest absolute Gasteiger partial charge is 0.0991 e. The molecule has 0 aromatic heterocycles. The van der Waals surface area contributed by atoms with Crippen LogP contribution in [-0.2, 0) is 0 Å². The zero-order valence-corrected chi connectivity index (χ0v) is 9.95. The van der Waals surface area contributed by atoms with Crippen molar-refractivity contribution in [2.75, 3.05) is 0 Å². The van der Waals surface area contributed by atoms with Crippen molar-refractivity contribution in [3.63, 3.8) is 0 Å². The molecule has 1 aromatic carbocycles. The Morgan fingerprint density at radius 2 is 1.77 bits per heavy atom. The summed E-state index contributed by atoms with van der Waals surface area (Å²) in [6, 6.07) is 9.96. The van der Waals surface area contributed by atoms with Crippen LogP contribution >= 0.6 is 22.6 Å². The van der Waals surface area contributed by atoms with Crippen molar-refractivity contribution in [1.29, 1.82) is 5.26 Å². The maximum Gasteiger partial charge on any atom is 0.0991 e. The van der Waals surface area contributed by atoms with E-state index in [9.17, 15) is 0 Å². The number of benzene rings is 1. The van der Waals surface area contributed by atoms with E-state index in [0.29, 0.717) is 9.84 Å². The van der Waals surface area contributed by atoms with Crippen LogP contribution in [0.5, 0.6) is 0 Å². The molecule has 68 valence electrons. The highest BCUT2D eigenvalue weighted by atomic mass is 127. The minimum atomic E-state index is 0.549. The predicted octanol–water partition coefficient (Wildman–Crippen LogP) is 3.49. The van der Waals surface area contributed by atoms with Gasteiger partial charge in [0.05, 0.1) is 11.6 Å². The van der Waals surface area contributed by atoms with Crippen LogP contribution in [0.2, 0.25) is 0 Å². The Morgan fingerprint density at radius 3 is 2.15 bits per heavy atom. The molecule has 2 atom stereocenters. The fourth-order valence-corrected chi connectivity index (χ4v) is 1.54. The molecule has 0 spiro atoms. The fourth-order valence-electron chi connectivity index (χ4n) is 1.13. The van der Waals surface area contributed by atoms with E-state index in [1.165, 1.54) is 5.56 Å². The topological polar surface area (TPSA) is 23.8 Å². The standard InChI is InChI=1S/C11H12IN/c1-8(9(2)12)11-5-3-10(7-13)4-6-11/h3-6,8-9H,1-2H3/t8-,9?/m1/s1. The van der Waals surface area contributed by atoms with Gasteiger partial charge in [-0.3, -0.25) is 0 Å². The van der Waals surface area contributed by atoms with Crippen LogP contribution in [0.4, 0.5) is 0 Å². The first-order valence-electron chi connectivity index (χ1n) is 4.29. The summed E-state index contributed by atoms with van der Waals surface area (Å²) in [5.74, 6) is 0.549. The molecule has 0 saturated carbocycles. The molecule has 1 aromatic rings. The molecular weight excluding hydrogens is 273 g/mol. The molecule has 2 heteroatoms. The van der Waals surface area contributed by atoms with Gasteiger partial charge < -0.3 is 0 Å². The second-order valence-electron chi connectivity index (χ2n) is 3.20. The Balaban J connectivity index is 2.87. The zero-order valence-electron chi connectivity index (χ0n) is 7.79.